The van der Waals surface area contributed by atoms with Crippen molar-refractivity contribution < 1.29 is 0 Å². The molecule has 2 aromatic rings. The number of hydrogen-bond donors (Lipinski definition) is 1. The third kappa shape index (κ3) is 3.47. The fraction of sp³-hybridized carbons (Fsp3) is 0.471. The minimum atomic E-state index is 0. The van der Waals surface area contributed by atoms with Gasteiger partial charge >= 0.3 is 0 Å². The molecule has 1 aliphatic heterocycles. The number of halogens is 1. The Morgan fingerprint density at radius 3 is 2.67 bits per heavy atom. The highest BCUT2D eigenvalue weighted by atomic mass is 35.5. The molecule has 0 atom stereocenters. The maximum absolute atomic E-state index is 4.82. The molecule has 0 spiro atoms. The van der Waals surface area contributed by atoms with Crippen LogP contribution in [0.15, 0.2) is 24.3 Å². The Hall–Kier alpha value is -1.32. The van der Waals surface area contributed by atoms with E-state index in [1.165, 1.54) is 22.3 Å². The SMILES string of the molecule is CCCc1cc(N2CCNCC2)c2cc(C)ccc2n1.Cl. The summed E-state index contributed by atoms with van der Waals surface area (Å²) in [6, 6.07) is 8.90. The normalized spacial score (nSPS) is 15.0. The standard InChI is InChI=1S/C17H23N3.ClH/c1-3-4-14-12-17(20-9-7-18-8-10-20)15-11-13(2)5-6-16(15)19-14;/h5-6,11-12,18H,3-4,7-10H2,1-2H3;1H. The first-order valence-corrected chi connectivity index (χ1v) is 7.64. The summed E-state index contributed by atoms with van der Waals surface area (Å²) in [5.74, 6) is 0. The van der Waals surface area contributed by atoms with Gasteiger partial charge in [-0.2, -0.15) is 0 Å². The van der Waals surface area contributed by atoms with Crippen LogP contribution in [0.4, 0.5) is 5.69 Å². The minimum absolute atomic E-state index is 0. The number of nitrogens with one attached hydrogen (secondary N) is 1. The lowest BCUT2D eigenvalue weighted by atomic mass is 10.1. The van der Waals surface area contributed by atoms with Crippen LogP contribution >= 0.6 is 12.4 Å². The summed E-state index contributed by atoms with van der Waals surface area (Å²) >= 11 is 0. The zero-order valence-electron chi connectivity index (χ0n) is 12.9. The Balaban J connectivity index is 0.00000161. The summed E-state index contributed by atoms with van der Waals surface area (Å²) in [7, 11) is 0. The Kier molecular flexibility index (Phi) is 5.43. The summed E-state index contributed by atoms with van der Waals surface area (Å²) in [5.41, 5.74) is 5.02. The number of piperazine rings is 1. The van der Waals surface area contributed by atoms with Crippen LogP contribution in [-0.2, 0) is 6.42 Å². The highest BCUT2D eigenvalue weighted by molar-refractivity contribution is 5.92. The van der Waals surface area contributed by atoms with E-state index in [-0.39, 0.29) is 12.4 Å². The van der Waals surface area contributed by atoms with Crippen molar-refractivity contribution in [3.63, 3.8) is 0 Å². The first kappa shape index (κ1) is 16.1. The molecule has 1 aromatic heterocycles. The van der Waals surface area contributed by atoms with Crippen LogP contribution < -0.4 is 10.2 Å². The first-order valence-electron chi connectivity index (χ1n) is 7.64. The van der Waals surface area contributed by atoms with Crippen LogP contribution in [0.5, 0.6) is 0 Å². The fourth-order valence-electron chi connectivity index (χ4n) is 2.93. The third-order valence-corrected chi connectivity index (χ3v) is 3.96. The Labute approximate surface area is 133 Å². The second-order valence-electron chi connectivity index (χ2n) is 5.64. The van der Waals surface area contributed by atoms with E-state index in [1.54, 1.807) is 0 Å². The van der Waals surface area contributed by atoms with Crippen molar-refractivity contribution in [2.24, 2.45) is 0 Å². The Bertz CT molecular complexity index is 606. The van der Waals surface area contributed by atoms with Crippen molar-refractivity contribution in [1.82, 2.24) is 10.3 Å². The van der Waals surface area contributed by atoms with Crippen LogP contribution in [0.25, 0.3) is 10.9 Å². The molecule has 0 unspecified atom stereocenters. The second-order valence-corrected chi connectivity index (χ2v) is 5.64. The number of fused-ring (bicyclic) bond motifs is 1. The van der Waals surface area contributed by atoms with E-state index in [0.717, 1.165) is 44.5 Å². The van der Waals surface area contributed by atoms with Crippen LogP contribution in [0.3, 0.4) is 0 Å². The quantitative estimate of drug-likeness (QED) is 0.943. The Morgan fingerprint density at radius 2 is 1.95 bits per heavy atom. The van der Waals surface area contributed by atoms with E-state index in [0.29, 0.717) is 0 Å². The Morgan fingerprint density at radius 1 is 1.19 bits per heavy atom. The molecule has 2 heterocycles. The van der Waals surface area contributed by atoms with E-state index in [9.17, 15) is 0 Å². The summed E-state index contributed by atoms with van der Waals surface area (Å²) in [5, 5.41) is 4.72. The monoisotopic (exact) mass is 305 g/mol. The highest BCUT2D eigenvalue weighted by Crippen LogP contribution is 2.28. The number of anilines is 1. The van der Waals surface area contributed by atoms with Crippen molar-refractivity contribution in [2.45, 2.75) is 26.7 Å². The molecule has 3 rings (SSSR count). The van der Waals surface area contributed by atoms with Gasteiger partial charge in [0.1, 0.15) is 0 Å². The summed E-state index contributed by atoms with van der Waals surface area (Å²) in [6.45, 7) is 8.67. The number of benzene rings is 1. The van der Waals surface area contributed by atoms with E-state index in [4.69, 9.17) is 4.98 Å². The largest absolute Gasteiger partial charge is 0.368 e. The van der Waals surface area contributed by atoms with Crippen LogP contribution in [0, 0.1) is 6.92 Å². The number of hydrogen-bond acceptors (Lipinski definition) is 3. The van der Waals surface area contributed by atoms with Gasteiger partial charge in [0.05, 0.1) is 5.52 Å². The maximum Gasteiger partial charge on any atom is 0.0726 e. The first-order chi connectivity index (χ1) is 9.78. The van der Waals surface area contributed by atoms with Crippen molar-refractivity contribution in [1.29, 1.82) is 0 Å². The van der Waals surface area contributed by atoms with Crippen molar-refractivity contribution in [2.75, 3.05) is 31.1 Å². The topological polar surface area (TPSA) is 28.2 Å². The molecular formula is C17H24ClN3. The molecule has 114 valence electrons. The molecule has 0 amide bonds. The molecule has 0 radical (unpaired) electrons. The van der Waals surface area contributed by atoms with Crippen LogP contribution in [0.1, 0.15) is 24.6 Å². The molecular weight excluding hydrogens is 282 g/mol. The molecule has 1 aromatic carbocycles. The van der Waals surface area contributed by atoms with Gasteiger partial charge in [0, 0.05) is 42.9 Å². The molecule has 4 heteroatoms. The smallest absolute Gasteiger partial charge is 0.0726 e. The van der Waals surface area contributed by atoms with Gasteiger partial charge in [-0.05, 0) is 31.5 Å². The number of rotatable bonds is 3. The molecule has 0 bridgehead atoms. The summed E-state index contributed by atoms with van der Waals surface area (Å²) in [4.78, 5) is 7.32. The predicted octanol–water partition coefficient (Wildman–Crippen LogP) is 3.33. The second kappa shape index (κ2) is 7.10. The van der Waals surface area contributed by atoms with Crippen LogP contribution in [0.2, 0.25) is 0 Å². The third-order valence-electron chi connectivity index (χ3n) is 3.96. The van der Waals surface area contributed by atoms with E-state index >= 15 is 0 Å². The molecule has 0 saturated carbocycles. The molecule has 1 aliphatic rings. The van der Waals surface area contributed by atoms with Crippen molar-refractivity contribution >= 4 is 29.0 Å². The molecule has 21 heavy (non-hydrogen) atoms. The van der Waals surface area contributed by atoms with Gasteiger partial charge < -0.3 is 10.2 Å². The average Bonchev–Trinajstić information content (AvgIpc) is 2.48. The highest BCUT2D eigenvalue weighted by Gasteiger charge is 2.15. The number of pyridine rings is 1. The summed E-state index contributed by atoms with van der Waals surface area (Å²) < 4.78 is 0. The van der Waals surface area contributed by atoms with Gasteiger partial charge in [-0.15, -0.1) is 12.4 Å². The van der Waals surface area contributed by atoms with E-state index in [1.807, 2.05) is 0 Å². The molecule has 1 N–H and O–H groups in total. The van der Waals surface area contributed by atoms with Gasteiger partial charge in [0.2, 0.25) is 0 Å². The molecule has 0 aliphatic carbocycles. The number of nitrogens with zero attached hydrogens (tertiary/aromatic N) is 2. The fourth-order valence-corrected chi connectivity index (χ4v) is 2.93. The van der Waals surface area contributed by atoms with Gasteiger partial charge in [-0.1, -0.05) is 25.0 Å². The summed E-state index contributed by atoms with van der Waals surface area (Å²) in [6.07, 6.45) is 2.20. The van der Waals surface area contributed by atoms with Gasteiger partial charge in [-0.25, -0.2) is 0 Å². The minimum Gasteiger partial charge on any atom is -0.368 e. The zero-order chi connectivity index (χ0) is 13.9. The molecule has 1 saturated heterocycles. The lowest BCUT2D eigenvalue weighted by Crippen LogP contribution is -2.43. The van der Waals surface area contributed by atoms with Gasteiger partial charge in [0.15, 0.2) is 0 Å². The predicted molar refractivity (Wildman–Crippen MR) is 92.8 cm³/mol. The van der Waals surface area contributed by atoms with Crippen molar-refractivity contribution in [3.8, 4) is 0 Å². The van der Waals surface area contributed by atoms with Gasteiger partial charge in [0.25, 0.3) is 0 Å². The maximum atomic E-state index is 4.82. The lowest BCUT2D eigenvalue weighted by molar-refractivity contribution is 0.590. The molecule has 1 fully saturated rings. The lowest BCUT2D eigenvalue weighted by Gasteiger charge is -2.30. The zero-order valence-corrected chi connectivity index (χ0v) is 13.7. The average molecular weight is 306 g/mol. The van der Waals surface area contributed by atoms with E-state index in [2.05, 4.69) is 48.3 Å². The number of aromatic nitrogens is 1. The van der Waals surface area contributed by atoms with Crippen LogP contribution in [-0.4, -0.2) is 31.2 Å². The van der Waals surface area contributed by atoms with Gasteiger partial charge in [-0.3, -0.25) is 4.98 Å². The number of aryl methyl sites for hydroxylation is 2. The molecule has 3 nitrogen and oxygen atoms in total. The van der Waals surface area contributed by atoms with Crippen molar-refractivity contribution in [3.05, 3.63) is 35.5 Å². The van der Waals surface area contributed by atoms with E-state index < -0.39 is 0 Å².